The molecule has 0 saturated heterocycles. The van der Waals surface area contributed by atoms with Gasteiger partial charge < -0.3 is 14.3 Å². The fourth-order valence-corrected chi connectivity index (χ4v) is 1.30. The Labute approximate surface area is 90.4 Å². The number of hydrogen-bond acceptors (Lipinski definition) is 4. The second-order valence-electron chi connectivity index (χ2n) is 3.59. The van der Waals surface area contributed by atoms with Gasteiger partial charge in [0, 0.05) is 6.54 Å². The number of aliphatic hydroxyl groups is 1. The van der Waals surface area contributed by atoms with Crippen LogP contribution in [0.2, 0.25) is 0 Å². The summed E-state index contributed by atoms with van der Waals surface area (Å²) in [6, 6.07) is 3.95. The second-order valence-corrected chi connectivity index (χ2v) is 3.59. The van der Waals surface area contributed by atoms with Crippen LogP contribution in [0, 0.1) is 6.92 Å². The molecule has 0 aliphatic carbocycles. The Morgan fingerprint density at radius 1 is 1.40 bits per heavy atom. The van der Waals surface area contributed by atoms with Gasteiger partial charge in [0.25, 0.3) is 0 Å². The Hall–Kier alpha value is -0.840. The van der Waals surface area contributed by atoms with Crippen molar-refractivity contribution in [3.05, 3.63) is 23.7 Å². The molecule has 0 bridgehead atoms. The second kappa shape index (κ2) is 6.61. The summed E-state index contributed by atoms with van der Waals surface area (Å²) in [6.45, 7) is 4.69. The van der Waals surface area contributed by atoms with Crippen LogP contribution >= 0.6 is 0 Å². The predicted octanol–water partition coefficient (Wildman–Crippen LogP) is 1.03. The van der Waals surface area contributed by atoms with E-state index in [9.17, 15) is 0 Å². The maximum Gasteiger partial charge on any atom is 0.118 e. The molecule has 1 aromatic heterocycles. The van der Waals surface area contributed by atoms with Crippen LogP contribution in [0.3, 0.4) is 0 Å². The fraction of sp³-hybridized carbons (Fsp3) is 0.636. The van der Waals surface area contributed by atoms with Gasteiger partial charge in [0.1, 0.15) is 11.5 Å². The summed E-state index contributed by atoms with van der Waals surface area (Å²) in [7, 11) is 2.01. The summed E-state index contributed by atoms with van der Waals surface area (Å²) in [4.78, 5) is 2.12. The molecular weight excluding hydrogens is 194 g/mol. The summed E-state index contributed by atoms with van der Waals surface area (Å²) >= 11 is 0. The SMILES string of the molecule is Cc1ccc(CN(C)CCOCCO)o1. The van der Waals surface area contributed by atoms with E-state index in [2.05, 4.69) is 4.90 Å². The average molecular weight is 213 g/mol. The minimum atomic E-state index is 0.0844. The molecule has 15 heavy (non-hydrogen) atoms. The van der Waals surface area contributed by atoms with Crippen LogP contribution in [0.25, 0.3) is 0 Å². The van der Waals surface area contributed by atoms with E-state index in [-0.39, 0.29) is 6.61 Å². The average Bonchev–Trinajstić information content (AvgIpc) is 2.59. The van der Waals surface area contributed by atoms with Gasteiger partial charge >= 0.3 is 0 Å². The lowest BCUT2D eigenvalue weighted by Crippen LogP contribution is -2.23. The van der Waals surface area contributed by atoms with Crippen LogP contribution in [-0.2, 0) is 11.3 Å². The normalized spacial score (nSPS) is 11.2. The van der Waals surface area contributed by atoms with Gasteiger partial charge in [-0.15, -0.1) is 0 Å². The molecule has 1 heterocycles. The van der Waals surface area contributed by atoms with Crippen molar-refractivity contribution < 1.29 is 14.3 Å². The molecule has 0 aromatic carbocycles. The van der Waals surface area contributed by atoms with Crippen molar-refractivity contribution in [3.8, 4) is 0 Å². The number of rotatable bonds is 7. The van der Waals surface area contributed by atoms with Gasteiger partial charge in [-0.3, -0.25) is 4.90 Å². The van der Waals surface area contributed by atoms with Gasteiger partial charge in [-0.1, -0.05) is 0 Å². The van der Waals surface area contributed by atoms with E-state index in [0.29, 0.717) is 13.2 Å². The Kier molecular flexibility index (Phi) is 5.39. The Bertz CT molecular complexity index is 273. The van der Waals surface area contributed by atoms with Crippen LogP contribution in [0.5, 0.6) is 0 Å². The third-order valence-corrected chi connectivity index (χ3v) is 2.07. The number of aryl methyl sites for hydroxylation is 1. The molecule has 0 unspecified atom stereocenters. The molecular formula is C11H19NO3. The molecule has 1 aromatic rings. The van der Waals surface area contributed by atoms with Crippen molar-refractivity contribution in [3.63, 3.8) is 0 Å². The smallest absolute Gasteiger partial charge is 0.118 e. The number of likely N-dealkylation sites (N-methyl/N-ethyl adjacent to an activating group) is 1. The number of nitrogens with zero attached hydrogens (tertiary/aromatic N) is 1. The first kappa shape index (κ1) is 12.2. The Morgan fingerprint density at radius 3 is 2.80 bits per heavy atom. The van der Waals surface area contributed by atoms with Crippen molar-refractivity contribution in [2.75, 3.05) is 33.4 Å². The predicted molar refractivity (Wildman–Crippen MR) is 57.7 cm³/mol. The topological polar surface area (TPSA) is 45.8 Å². The molecule has 0 aliphatic rings. The van der Waals surface area contributed by atoms with E-state index < -0.39 is 0 Å². The van der Waals surface area contributed by atoms with Crippen LogP contribution in [0.4, 0.5) is 0 Å². The number of hydrogen-bond donors (Lipinski definition) is 1. The van der Waals surface area contributed by atoms with E-state index in [0.717, 1.165) is 24.6 Å². The summed E-state index contributed by atoms with van der Waals surface area (Å²) in [6.07, 6.45) is 0. The van der Waals surface area contributed by atoms with Gasteiger partial charge in [-0.2, -0.15) is 0 Å². The summed E-state index contributed by atoms with van der Waals surface area (Å²) in [5.74, 6) is 1.91. The molecule has 0 aliphatic heterocycles. The van der Waals surface area contributed by atoms with Gasteiger partial charge in [-0.05, 0) is 26.1 Å². The summed E-state index contributed by atoms with van der Waals surface area (Å²) in [5, 5.41) is 8.52. The molecule has 0 fully saturated rings. The lowest BCUT2D eigenvalue weighted by Gasteiger charge is -2.14. The highest BCUT2D eigenvalue weighted by Crippen LogP contribution is 2.08. The first-order chi connectivity index (χ1) is 7.22. The zero-order chi connectivity index (χ0) is 11.1. The largest absolute Gasteiger partial charge is 0.465 e. The molecule has 1 rings (SSSR count). The molecule has 0 saturated carbocycles. The van der Waals surface area contributed by atoms with Gasteiger partial charge in [0.05, 0.1) is 26.4 Å². The van der Waals surface area contributed by atoms with Crippen LogP contribution < -0.4 is 0 Å². The highest BCUT2D eigenvalue weighted by molar-refractivity contribution is 5.05. The number of furan rings is 1. The molecule has 1 N–H and O–H groups in total. The first-order valence-electron chi connectivity index (χ1n) is 5.15. The van der Waals surface area contributed by atoms with Crippen molar-refractivity contribution >= 4 is 0 Å². The summed E-state index contributed by atoms with van der Waals surface area (Å²) in [5.41, 5.74) is 0. The van der Waals surface area contributed by atoms with Crippen molar-refractivity contribution in [1.82, 2.24) is 4.90 Å². The third-order valence-electron chi connectivity index (χ3n) is 2.07. The maximum absolute atomic E-state index is 8.52. The van der Waals surface area contributed by atoms with Crippen LogP contribution in [0.15, 0.2) is 16.5 Å². The quantitative estimate of drug-likeness (QED) is 0.687. The van der Waals surface area contributed by atoms with Crippen molar-refractivity contribution in [2.24, 2.45) is 0 Å². The molecule has 0 atom stereocenters. The van der Waals surface area contributed by atoms with E-state index in [1.165, 1.54) is 0 Å². The molecule has 0 spiro atoms. The third kappa shape index (κ3) is 4.97. The molecule has 86 valence electrons. The van der Waals surface area contributed by atoms with Gasteiger partial charge in [0.15, 0.2) is 0 Å². The molecule has 4 nitrogen and oxygen atoms in total. The minimum Gasteiger partial charge on any atom is -0.465 e. The van der Waals surface area contributed by atoms with Crippen molar-refractivity contribution in [2.45, 2.75) is 13.5 Å². The van der Waals surface area contributed by atoms with Gasteiger partial charge in [0.2, 0.25) is 0 Å². The van der Waals surface area contributed by atoms with Gasteiger partial charge in [-0.25, -0.2) is 0 Å². The maximum atomic E-state index is 8.52. The standard InChI is InChI=1S/C11H19NO3/c1-10-3-4-11(15-10)9-12(2)5-7-14-8-6-13/h3-4,13H,5-9H2,1-2H3. The Balaban J connectivity index is 2.15. The lowest BCUT2D eigenvalue weighted by molar-refractivity contribution is 0.0761. The number of ether oxygens (including phenoxy) is 1. The minimum absolute atomic E-state index is 0.0844. The molecule has 0 radical (unpaired) electrons. The fourth-order valence-electron chi connectivity index (χ4n) is 1.30. The van der Waals surface area contributed by atoms with Crippen LogP contribution in [-0.4, -0.2) is 43.4 Å². The zero-order valence-electron chi connectivity index (χ0n) is 9.40. The van der Waals surface area contributed by atoms with Crippen LogP contribution in [0.1, 0.15) is 11.5 Å². The molecule has 4 heteroatoms. The van der Waals surface area contributed by atoms with E-state index in [4.69, 9.17) is 14.3 Å². The van der Waals surface area contributed by atoms with E-state index in [1.807, 2.05) is 26.1 Å². The van der Waals surface area contributed by atoms with E-state index >= 15 is 0 Å². The zero-order valence-corrected chi connectivity index (χ0v) is 9.40. The Morgan fingerprint density at radius 2 is 2.20 bits per heavy atom. The number of aliphatic hydroxyl groups excluding tert-OH is 1. The first-order valence-corrected chi connectivity index (χ1v) is 5.15. The molecule has 0 amide bonds. The van der Waals surface area contributed by atoms with Crippen molar-refractivity contribution in [1.29, 1.82) is 0 Å². The summed E-state index contributed by atoms with van der Waals surface area (Å²) < 4.78 is 10.6. The lowest BCUT2D eigenvalue weighted by atomic mass is 10.4. The highest BCUT2D eigenvalue weighted by atomic mass is 16.5. The monoisotopic (exact) mass is 213 g/mol. The highest BCUT2D eigenvalue weighted by Gasteiger charge is 2.03. The van der Waals surface area contributed by atoms with E-state index in [1.54, 1.807) is 0 Å².